The van der Waals surface area contributed by atoms with Gasteiger partial charge in [-0.2, -0.15) is 0 Å². The van der Waals surface area contributed by atoms with Crippen LogP contribution >= 0.6 is 22.9 Å². The molecule has 0 saturated heterocycles. The largest absolute Gasteiger partial charge is 0.250 e. The first-order valence-corrected chi connectivity index (χ1v) is 7.76. The summed E-state index contributed by atoms with van der Waals surface area (Å²) in [5, 5.41) is 3.39. The van der Waals surface area contributed by atoms with Gasteiger partial charge in [-0.25, -0.2) is 4.98 Å². The molecule has 0 saturated carbocycles. The molecule has 0 N–H and O–H groups in total. The van der Waals surface area contributed by atoms with Gasteiger partial charge in [0, 0.05) is 18.0 Å². The smallest absolute Gasteiger partial charge is 0.0928 e. The number of aryl methyl sites for hydroxylation is 1. The van der Waals surface area contributed by atoms with Crippen molar-refractivity contribution in [1.29, 1.82) is 0 Å². The zero-order chi connectivity index (χ0) is 12.4. The maximum absolute atomic E-state index is 6.71. The zero-order valence-electron chi connectivity index (χ0n) is 10.2. The number of halogens is 1. The van der Waals surface area contributed by atoms with Crippen molar-refractivity contribution >= 4 is 22.9 Å². The van der Waals surface area contributed by atoms with Crippen molar-refractivity contribution in [2.75, 3.05) is 0 Å². The Labute approximate surface area is 117 Å². The minimum absolute atomic E-state index is 0.132. The number of fused-ring (bicyclic) bond motifs is 1. The van der Waals surface area contributed by atoms with Gasteiger partial charge in [0.05, 0.1) is 10.4 Å². The molecule has 1 heterocycles. The fourth-order valence-electron chi connectivity index (χ4n) is 2.77. The molecule has 1 aromatic heterocycles. The normalized spacial score (nSPS) is 23.4. The third-order valence-corrected chi connectivity index (χ3v) is 5.10. The minimum atomic E-state index is 0.132. The van der Waals surface area contributed by atoms with E-state index in [9.17, 15) is 0 Å². The van der Waals surface area contributed by atoms with E-state index in [-0.39, 0.29) is 5.38 Å². The molecule has 2 unspecified atom stereocenters. The Balaban J connectivity index is 1.85. The van der Waals surface area contributed by atoms with E-state index in [1.54, 1.807) is 11.3 Å². The summed E-state index contributed by atoms with van der Waals surface area (Å²) in [7, 11) is 0. The second-order valence-corrected chi connectivity index (χ2v) is 6.33. The van der Waals surface area contributed by atoms with E-state index in [0.717, 1.165) is 12.8 Å². The van der Waals surface area contributed by atoms with Crippen LogP contribution in [0.1, 0.15) is 34.4 Å². The maximum atomic E-state index is 6.71. The van der Waals surface area contributed by atoms with Crippen molar-refractivity contribution in [3.05, 3.63) is 52.0 Å². The van der Waals surface area contributed by atoms with E-state index in [0.29, 0.717) is 5.92 Å². The molecule has 3 rings (SSSR count). The van der Waals surface area contributed by atoms with Gasteiger partial charge >= 0.3 is 0 Å². The summed E-state index contributed by atoms with van der Waals surface area (Å²) in [4.78, 5) is 4.39. The molecule has 1 aliphatic rings. The first-order valence-electron chi connectivity index (χ1n) is 6.45. The van der Waals surface area contributed by atoms with Crippen molar-refractivity contribution in [1.82, 2.24) is 4.98 Å². The van der Waals surface area contributed by atoms with Crippen LogP contribution in [0.15, 0.2) is 35.8 Å². The van der Waals surface area contributed by atoms with E-state index in [4.69, 9.17) is 11.6 Å². The van der Waals surface area contributed by atoms with Gasteiger partial charge in [0.2, 0.25) is 0 Å². The fraction of sp³-hybridized carbons (Fsp3) is 0.400. The summed E-state index contributed by atoms with van der Waals surface area (Å²) in [5.74, 6) is 0.515. The van der Waals surface area contributed by atoms with Crippen molar-refractivity contribution < 1.29 is 0 Å². The van der Waals surface area contributed by atoms with E-state index in [2.05, 4.69) is 29.2 Å². The zero-order valence-corrected chi connectivity index (χ0v) is 11.8. The first-order chi connectivity index (χ1) is 8.84. The van der Waals surface area contributed by atoms with Crippen LogP contribution in [0.5, 0.6) is 0 Å². The van der Waals surface area contributed by atoms with Gasteiger partial charge in [-0.15, -0.1) is 22.9 Å². The van der Waals surface area contributed by atoms with E-state index in [1.165, 1.54) is 29.0 Å². The van der Waals surface area contributed by atoms with Crippen molar-refractivity contribution in [3.8, 4) is 0 Å². The number of nitrogens with zero attached hydrogens (tertiary/aromatic N) is 1. The van der Waals surface area contributed by atoms with Crippen LogP contribution in [0.2, 0.25) is 0 Å². The molecule has 1 aliphatic carbocycles. The highest BCUT2D eigenvalue weighted by molar-refractivity contribution is 7.09. The van der Waals surface area contributed by atoms with Crippen LogP contribution in [-0.2, 0) is 12.8 Å². The molecule has 0 amide bonds. The monoisotopic (exact) mass is 277 g/mol. The number of aromatic nitrogens is 1. The quantitative estimate of drug-likeness (QED) is 0.577. The van der Waals surface area contributed by atoms with Crippen LogP contribution in [0.25, 0.3) is 0 Å². The lowest BCUT2D eigenvalue weighted by Crippen LogP contribution is -2.10. The third-order valence-electron chi connectivity index (χ3n) is 3.71. The van der Waals surface area contributed by atoms with Crippen LogP contribution in [0, 0.1) is 5.92 Å². The molecule has 94 valence electrons. The van der Waals surface area contributed by atoms with E-state index in [1.807, 2.05) is 11.6 Å². The SMILES string of the molecule is ClC1c2ccccc2CCCC1Cc1nccs1. The Kier molecular flexibility index (Phi) is 3.67. The molecule has 2 aromatic rings. The summed E-state index contributed by atoms with van der Waals surface area (Å²) in [6, 6.07) is 8.62. The Morgan fingerprint density at radius 3 is 3.06 bits per heavy atom. The Morgan fingerprint density at radius 1 is 1.33 bits per heavy atom. The summed E-state index contributed by atoms with van der Waals surface area (Å²) >= 11 is 8.45. The molecule has 3 heteroatoms. The molecule has 1 aromatic carbocycles. The van der Waals surface area contributed by atoms with E-state index >= 15 is 0 Å². The topological polar surface area (TPSA) is 12.9 Å². The molecule has 0 radical (unpaired) electrons. The molecule has 0 bridgehead atoms. The standard InChI is InChI=1S/C15H16ClNS/c16-15-12(10-14-17-8-9-18-14)6-3-5-11-4-1-2-7-13(11)15/h1-2,4,7-9,12,15H,3,5-6,10H2. The van der Waals surface area contributed by atoms with Gasteiger partial charge < -0.3 is 0 Å². The average Bonchev–Trinajstić information content (AvgIpc) is 2.85. The van der Waals surface area contributed by atoms with Crippen LogP contribution < -0.4 is 0 Å². The average molecular weight is 278 g/mol. The van der Waals surface area contributed by atoms with Crippen LogP contribution in [-0.4, -0.2) is 4.98 Å². The minimum Gasteiger partial charge on any atom is -0.250 e. The molecule has 0 spiro atoms. The first kappa shape index (κ1) is 12.2. The number of thiazole rings is 1. The fourth-order valence-corrected chi connectivity index (χ4v) is 3.91. The van der Waals surface area contributed by atoms with Gasteiger partial charge in [-0.1, -0.05) is 24.3 Å². The molecule has 0 fully saturated rings. The highest BCUT2D eigenvalue weighted by atomic mass is 35.5. The summed E-state index contributed by atoms with van der Waals surface area (Å²) in [6.45, 7) is 0. The predicted molar refractivity (Wildman–Crippen MR) is 77.3 cm³/mol. The Bertz CT molecular complexity index is 509. The summed E-state index contributed by atoms with van der Waals surface area (Å²) in [5.41, 5.74) is 2.76. The molecule has 1 nitrogen and oxygen atoms in total. The second-order valence-electron chi connectivity index (χ2n) is 4.88. The molecular formula is C15H16ClNS. The van der Waals surface area contributed by atoms with Crippen molar-refractivity contribution in [2.45, 2.75) is 31.1 Å². The number of hydrogen-bond acceptors (Lipinski definition) is 2. The highest BCUT2D eigenvalue weighted by Gasteiger charge is 2.26. The predicted octanol–water partition coefficient (Wildman–Crippen LogP) is 4.62. The lowest BCUT2D eigenvalue weighted by atomic mass is 9.93. The van der Waals surface area contributed by atoms with Crippen LogP contribution in [0.4, 0.5) is 0 Å². The molecular weight excluding hydrogens is 262 g/mol. The van der Waals surface area contributed by atoms with Gasteiger partial charge in [-0.3, -0.25) is 0 Å². The Hall–Kier alpha value is -0.860. The second kappa shape index (κ2) is 5.41. The van der Waals surface area contributed by atoms with Gasteiger partial charge in [0.25, 0.3) is 0 Å². The van der Waals surface area contributed by atoms with Gasteiger partial charge in [0.15, 0.2) is 0 Å². The third kappa shape index (κ3) is 2.45. The lowest BCUT2D eigenvalue weighted by Gasteiger charge is -2.20. The van der Waals surface area contributed by atoms with Crippen LogP contribution in [0.3, 0.4) is 0 Å². The van der Waals surface area contributed by atoms with Crippen molar-refractivity contribution in [2.24, 2.45) is 5.92 Å². The molecule has 0 aliphatic heterocycles. The lowest BCUT2D eigenvalue weighted by molar-refractivity contribution is 0.464. The number of benzene rings is 1. The summed E-state index contributed by atoms with van der Waals surface area (Å²) in [6.07, 6.45) is 6.49. The highest BCUT2D eigenvalue weighted by Crippen LogP contribution is 2.39. The van der Waals surface area contributed by atoms with Crippen molar-refractivity contribution in [3.63, 3.8) is 0 Å². The molecule has 18 heavy (non-hydrogen) atoms. The number of rotatable bonds is 2. The maximum Gasteiger partial charge on any atom is 0.0928 e. The van der Waals surface area contributed by atoms with Gasteiger partial charge in [0.1, 0.15) is 0 Å². The van der Waals surface area contributed by atoms with E-state index < -0.39 is 0 Å². The Morgan fingerprint density at radius 2 is 2.22 bits per heavy atom. The summed E-state index contributed by atoms with van der Waals surface area (Å²) < 4.78 is 0. The van der Waals surface area contributed by atoms with Gasteiger partial charge in [-0.05, 0) is 36.3 Å². The molecule has 2 atom stereocenters. The number of alkyl halides is 1. The number of hydrogen-bond donors (Lipinski definition) is 0.